The number of benzene rings is 2. The van der Waals surface area contributed by atoms with Crippen molar-refractivity contribution < 1.29 is 5.11 Å². The van der Waals surface area contributed by atoms with E-state index in [4.69, 9.17) is 0 Å². The Balaban J connectivity index is 1.57. The number of nitrogens with zero attached hydrogens (tertiary/aromatic N) is 3. The highest BCUT2D eigenvalue weighted by molar-refractivity contribution is 5.86. The van der Waals surface area contributed by atoms with Crippen LogP contribution in [0.25, 0.3) is 22.5 Å². The number of aliphatic hydroxyl groups is 1. The summed E-state index contributed by atoms with van der Waals surface area (Å²) in [7, 11) is 1.96. The lowest BCUT2D eigenvalue weighted by atomic mass is 9.91. The standard InChI is InChI=1S/C22H24N4O/c1-14-5-3-6-15(11-14)20-21(24-13-23-20)16-9-10-18-19(12-16)25(2)22(27)26(18)17-7-4-8-17/h3,5-6,9-13,17,22,27H,4,7-8H2,1-2H3,(H,23,24). The summed E-state index contributed by atoms with van der Waals surface area (Å²) in [5.41, 5.74) is 7.55. The molecule has 1 saturated carbocycles. The van der Waals surface area contributed by atoms with Gasteiger partial charge in [0, 0.05) is 24.2 Å². The summed E-state index contributed by atoms with van der Waals surface area (Å²) in [4.78, 5) is 12.0. The van der Waals surface area contributed by atoms with Gasteiger partial charge in [-0.25, -0.2) is 4.98 Å². The van der Waals surface area contributed by atoms with Gasteiger partial charge in [0.15, 0.2) is 0 Å². The van der Waals surface area contributed by atoms with Crippen molar-refractivity contribution in [2.24, 2.45) is 0 Å². The molecule has 138 valence electrons. The first-order valence-corrected chi connectivity index (χ1v) is 9.57. The van der Waals surface area contributed by atoms with Crippen molar-refractivity contribution in [3.05, 3.63) is 54.4 Å². The fourth-order valence-electron chi connectivity index (χ4n) is 4.19. The van der Waals surface area contributed by atoms with Crippen molar-refractivity contribution in [2.45, 2.75) is 38.6 Å². The lowest BCUT2D eigenvalue weighted by molar-refractivity contribution is 0.152. The molecule has 3 aromatic rings. The molecule has 2 heterocycles. The molecule has 1 aliphatic carbocycles. The number of aryl methyl sites for hydroxylation is 1. The van der Waals surface area contributed by atoms with Crippen LogP contribution in [-0.2, 0) is 0 Å². The van der Waals surface area contributed by atoms with Gasteiger partial charge in [-0.2, -0.15) is 0 Å². The number of nitrogens with one attached hydrogen (secondary N) is 1. The van der Waals surface area contributed by atoms with Gasteiger partial charge in [-0.1, -0.05) is 29.8 Å². The van der Waals surface area contributed by atoms with Crippen molar-refractivity contribution in [3.8, 4) is 22.5 Å². The van der Waals surface area contributed by atoms with Crippen LogP contribution in [0.3, 0.4) is 0 Å². The molecule has 0 bridgehead atoms. The van der Waals surface area contributed by atoms with Crippen LogP contribution in [-0.4, -0.2) is 34.5 Å². The van der Waals surface area contributed by atoms with Crippen LogP contribution in [0.2, 0.25) is 0 Å². The minimum atomic E-state index is -0.585. The predicted octanol–water partition coefficient (Wildman–Crippen LogP) is 4.14. The Hall–Kier alpha value is -2.79. The van der Waals surface area contributed by atoms with E-state index in [1.165, 1.54) is 12.0 Å². The Kier molecular flexibility index (Phi) is 3.72. The molecule has 1 unspecified atom stereocenters. The molecule has 2 N–H and O–H groups in total. The SMILES string of the molecule is Cc1cccc(-c2nc[nH]c2-c2ccc3c(c2)N(C)C(O)N3C2CCC2)c1. The monoisotopic (exact) mass is 360 g/mol. The van der Waals surface area contributed by atoms with Gasteiger partial charge in [-0.15, -0.1) is 0 Å². The van der Waals surface area contributed by atoms with E-state index >= 15 is 0 Å². The van der Waals surface area contributed by atoms with Crippen molar-refractivity contribution in [1.82, 2.24) is 9.97 Å². The molecule has 5 heteroatoms. The van der Waals surface area contributed by atoms with E-state index < -0.39 is 6.35 Å². The molecule has 1 aromatic heterocycles. The van der Waals surface area contributed by atoms with E-state index in [2.05, 4.69) is 64.3 Å². The van der Waals surface area contributed by atoms with Crippen LogP contribution in [0.15, 0.2) is 48.8 Å². The fourth-order valence-corrected chi connectivity index (χ4v) is 4.19. The second kappa shape index (κ2) is 6.13. The molecule has 5 rings (SSSR count). The van der Waals surface area contributed by atoms with Crippen molar-refractivity contribution in [3.63, 3.8) is 0 Å². The molecule has 5 nitrogen and oxygen atoms in total. The van der Waals surface area contributed by atoms with Crippen LogP contribution in [0.5, 0.6) is 0 Å². The Morgan fingerprint density at radius 2 is 1.93 bits per heavy atom. The minimum absolute atomic E-state index is 0.449. The van der Waals surface area contributed by atoms with Crippen LogP contribution in [0.4, 0.5) is 11.4 Å². The number of fused-ring (bicyclic) bond motifs is 1. The third-order valence-corrected chi connectivity index (χ3v) is 5.92. The third kappa shape index (κ3) is 2.53. The van der Waals surface area contributed by atoms with E-state index in [0.29, 0.717) is 6.04 Å². The number of H-pyrrole nitrogens is 1. The maximum absolute atomic E-state index is 10.7. The summed E-state index contributed by atoms with van der Waals surface area (Å²) in [6, 6.07) is 15.3. The van der Waals surface area contributed by atoms with E-state index in [9.17, 15) is 5.11 Å². The van der Waals surface area contributed by atoms with E-state index in [1.807, 2.05) is 11.9 Å². The first kappa shape index (κ1) is 16.4. The maximum atomic E-state index is 10.7. The van der Waals surface area contributed by atoms with Gasteiger partial charge in [0.25, 0.3) is 0 Å². The molecule has 0 radical (unpaired) electrons. The smallest absolute Gasteiger partial charge is 0.208 e. The highest BCUT2D eigenvalue weighted by Gasteiger charge is 2.39. The minimum Gasteiger partial charge on any atom is -0.356 e. The number of hydrogen-bond donors (Lipinski definition) is 2. The van der Waals surface area contributed by atoms with Crippen LogP contribution in [0.1, 0.15) is 24.8 Å². The van der Waals surface area contributed by atoms with Crippen LogP contribution in [0, 0.1) is 6.92 Å². The van der Waals surface area contributed by atoms with Crippen molar-refractivity contribution in [2.75, 3.05) is 16.8 Å². The van der Waals surface area contributed by atoms with Crippen LogP contribution < -0.4 is 9.80 Å². The highest BCUT2D eigenvalue weighted by Crippen LogP contribution is 2.45. The Morgan fingerprint density at radius 1 is 1.07 bits per heavy atom. The first-order chi connectivity index (χ1) is 13.1. The van der Waals surface area contributed by atoms with Gasteiger partial charge in [0.05, 0.1) is 29.1 Å². The van der Waals surface area contributed by atoms with Gasteiger partial charge >= 0.3 is 0 Å². The second-order valence-corrected chi connectivity index (χ2v) is 7.65. The van der Waals surface area contributed by atoms with Gasteiger partial charge in [0.2, 0.25) is 6.35 Å². The van der Waals surface area contributed by atoms with Gasteiger partial charge in [-0.3, -0.25) is 0 Å². The molecule has 2 aromatic carbocycles. The lowest BCUT2D eigenvalue weighted by Gasteiger charge is -2.39. The number of rotatable bonds is 3. The first-order valence-electron chi connectivity index (χ1n) is 9.57. The van der Waals surface area contributed by atoms with E-state index in [0.717, 1.165) is 46.7 Å². The zero-order valence-corrected chi connectivity index (χ0v) is 15.7. The summed E-state index contributed by atoms with van der Waals surface area (Å²) in [6.45, 7) is 2.09. The fraction of sp³-hybridized carbons (Fsp3) is 0.318. The number of imidazole rings is 1. The lowest BCUT2D eigenvalue weighted by Crippen LogP contribution is -2.49. The zero-order chi connectivity index (χ0) is 18.5. The quantitative estimate of drug-likeness (QED) is 0.737. The van der Waals surface area contributed by atoms with E-state index in [1.54, 1.807) is 6.33 Å². The normalized spacial score (nSPS) is 19.3. The summed E-state index contributed by atoms with van der Waals surface area (Å²) < 4.78 is 0. The van der Waals surface area contributed by atoms with Crippen LogP contribution >= 0.6 is 0 Å². The number of aliphatic hydroxyl groups excluding tert-OH is 1. The maximum Gasteiger partial charge on any atom is 0.208 e. The van der Waals surface area contributed by atoms with Crippen molar-refractivity contribution in [1.29, 1.82) is 0 Å². The largest absolute Gasteiger partial charge is 0.356 e. The molecule has 2 aliphatic rings. The third-order valence-electron chi connectivity index (χ3n) is 5.92. The topological polar surface area (TPSA) is 55.4 Å². The summed E-state index contributed by atoms with van der Waals surface area (Å²) >= 11 is 0. The molecule has 1 fully saturated rings. The van der Waals surface area contributed by atoms with E-state index in [-0.39, 0.29) is 0 Å². The molecule has 1 aliphatic heterocycles. The highest BCUT2D eigenvalue weighted by atomic mass is 16.3. The number of anilines is 2. The molecule has 1 atom stereocenters. The van der Waals surface area contributed by atoms with Gasteiger partial charge in [0.1, 0.15) is 0 Å². The summed E-state index contributed by atoms with van der Waals surface area (Å²) in [5.74, 6) is 0. The Labute approximate surface area is 159 Å². The molecule has 0 amide bonds. The van der Waals surface area contributed by atoms with Gasteiger partial charge < -0.3 is 19.9 Å². The Bertz CT molecular complexity index is 991. The molecular formula is C22H24N4O. The molecule has 0 saturated heterocycles. The second-order valence-electron chi connectivity index (χ2n) is 7.65. The number of hydrogen-bond acceptors (Lipinski definition) is 4. The molecule has 27 heavy (non-hydrogen) atoms. The summed E-state index contributed by atoms with van der Waals surface area (Å²) in [5, 5.41) is 10.7. The average molecular weight is 360 g/mol. The summed E-state index contributed by atoms with van der Waals surface area (Å²) in [6.07, 6.45) is 4.73. The predicted molar refractivity (Wildman–Crippen MR) is 109 cm³/mol. The zero-order valence-electron chi connectivity index (χ0n) is 15.7. The number of aromatic nitrogens is 2. The number of aromatic amines is 1. The average Bonchev–Trinajstić information content (AvgIpc) is 3.20. The van der Waals surface area contributed by atoms with Gasteiger partial charge in [-0.05, 0) is 44.4 Å². The molecular weight excluding hydrogens is 336 g/mol. The molecule has 0 spiro atoms. The Morgan fingerprint density at radius 3 is 2.67 bits per heavy atom. The van der Waals surface area contributed by atoms with Crippen molar-refractivity contribution >= 4 is 11.4 Å².